The van der Waals surface area contributed by atoms with Gasteiger partial charge in [-0.2, -0.15) is 0 Å². The molecule has 0 heterocycles. The zero-order valence-electron chi connectivity index (χ0n) is 12.4. The van der Waals surface area contributed by atoms with Crippen molar-refractivity contribution in [2.24, 2.45) is 0 Å². The van der Waals surface area contributed by atoms with Crippen molar-refractivity contribution in [3.63, 3.8) is 0 Å². The topological polar surface area (TPSA) is 20.3 Å². The van der Waals surface area contributed by atoms with Crippen LogP contribution in [0.1, 0.15) is 57.3 Å². The quantitative estimate of drug-likeness (QED) is 0.537. The highest BCUT2D eigenvalue weighted by Gasteiger charge is 2.20. The fraction of sp³-hybridized carbons (Fsp3) is 0.562. The number of para-hydroxylation sites is 1. The zero-order valence-corrected chi connectivity index (χ0v) is 12.4. The van der Waals surface area contributed by atoms with Crippen LogP contribution in [0.4, 0.5) is 10.1 Å². The zero-order chi connectivity index (χ0) is 14.4. The maximum atomic E-state index is 14.1. The number of halogens is 1. The molecule has 0 aliphatic carbocycles. The van der Waals surface area contributed by atoms with E-state index in [4.69, 9.17) is 0 Å². The first-order valence-electron chi connectivity index (χ1n) is 7.05. The molecule has 0 unspecified atom stereocenters. The third kappa shape index (κ3) is 4.05. The Morgan fingerprint density at radius 2 is 2.00 bits per heavy atom. The number of ketones is 1. The third-order valence-corrected chi connectivity index (χ3v) is 3.28. The number of Topliss-reactive ketones (excluding diaryl/α,β-unsaturated/α-hetero) is 1. The molecule has 0 aliphatic heterocycles. The van der Waals surface area contributed by atoms with E-state index in [2.05, 4.69) is 6.92 Å². The van der Waals surface area contributed by atoms with E-state index in [0.717, 1.165) is 25.8 Å². The van der Waals surface area contributed by atoms with Crippen LogP contribution in [0.5, 0.6) is 0 Å². The molecule has 0 fully saturated rings. The van der Waals surface area contributed by atoms with Crippen LogP contribution in [0.25, 0.3) is 0 Å². The minimum atomic E-state index is -0.308. The van der Waals surface area contributed by atoms with E-state index < -0.39 is 0 Å². The van der Waals surface area contributed by atoms with Gasteiger partial charge in [0.25, 0.3) is 0 Å². The summed E-state index contributed by atoms with van der Waals surface area (Å²) >= 11 is 0. The molecule has 0 spiro atoms. The number of hydrogen-bond donors (Lipinski definition) is 0. The Labute approximate surface area is 115 Å². The normalized spacial score (nSPS) is 10.8. The molecule has 0 saturated carbocycles. The van der Waals surface area contributed by atoms with Crippen molar-refractivity contribution >= 4 is 11.5 Å². The minimum absolute atomic E-state index is 0.0874. The van der Waals surface area contributed by atoms with Crippen molar-refractivity contribution in [1.82, 2.24) is 0 Å². The molecule has 0 N–H and O–H groups in total. The molecule has 0 aliphatic rings. The molecule has 0 bridgehead atoms. The Morgan fingerprint density at radius 3 is 2.53 bits per heavy atom. The van der Waals surface area contributed by atoms with Crippen LogP contribution < -0.4 is 4.90 Å². The summed E-state index contributed by atoms with van der Waals surface area (Å²) in [7, 11) is 0. The van der Waals surface area contributed by atoms with Gasteiger partial charge in [-0.1, -0.05) is 25.8 Å². The predicted octanol–water partition coefficient (Wildman–Crippen LogP) is 4.43. The van der Waals surface area contributed by atoms with E-state index in [9.17, 15) is 9.18 Å². The molecule has 3 heteroatoms. The summed E-state index contributed by atoms with van der Waals surface area (Å²) in [5.74, 6) is -0.395. The van der Waals surface area contributed by atoms with Crippen LogP contribution in [-0.2, 0) is 0 Å². The number of rotatable bonds is 7. The molecule has 0 radical (unpaired) electrons. The summed E-state index contributed by atoms with van der Waals surface area (Å²) in [6, 6.07) is 4.90. The van der Waals surface area contributed by atoms with Crippen molar-refractivity contribution in [1.29, 1.82) is 0 Å². The highest BCUT2D eigenvalue weighted by Crippen LogP contribution is 2.27. The average Bonchev–Trinajstić information content (AvgIpc) is 2.34. The van der Waals surface area contributed by atoms with Crippen molar-refractivity contribution < 1.29 is 9.18 Å². The predicted molar refractivity (Wildman–Crippen MR) is 78.4 cm³/mol. The van der Waals surface area contributed by atoms with Crippen molar-refractivity contribution in [3.05, 3.63) is 29.6 Å². The highest BCUT2D eigenvalue weighted by molar-refractivity contribution is 5.99. The van der Waals surface area contributed by atoms with Gasteiger partial charge in [0, 0.05) is 18.2 Å². The molecule has 0 aromatic heterocycles. The van der Waals surface area contributed by atoms with Gasteiger partial charge in [-0.15, -0.1) is 0 Å². The standard InChI is InChI=1S/C16H24FNO/c1-5-6-7-11-18(12(2)3)16-14(13(4)19)9-8-10-15(16)17/h8-10,12H,5-7,11H2,1-4H3. The van der Waals surface area contributed by atoms with Gasteiger partial charge >= 0.3 is 0 Å². The number of anilines is 1. The second-order valence-corrected chi connectivity index (χ2v) is 5.19. The van der Waals surface area contributed by atoms with Gasteiger partial charge in [-0.3, -0.25) is 4.79 Å². The SMILES string of the molecule is CCCCCN(c1c(F)cccc1C(C)=O)C(C)C. The fourth-order valence-electron chi connectivity index (χ4n) is 2.25. The van der Waals surface area contributed by atoms with E-state index in [0.29, 0.717) is 11.3 Å². The lowest BCUT2D eigenvalue weighted by Crippen LogP contribution is -2.33. The van der Waals surface area contributed by atoms with Crippen LogP contribution in [0.2, 0.25) is 0 Å². The number of hydrogen-bond acceptors (Lipinski definition) is 2. The summed E-state index contributed by atoms with van der Waals surface area (Å²) in [5, 5.41) is 0. The van der Waals surface area contributed by atoms with Crippen molar-refractivity contribution in [2.45, 2.75) is 53.0 Å². The first kappa shape index (κ1) is 15.7. The second kappa shape index (κ2) is 7.27. The van der Waals surface area contributed by atoms with Crippen LogP contribution in [0, 0.1) is 5.82 Å². The van der Waals surface area contributed by atoms with Gasteiger partial charge in [-0.25, -0.2) is 4.39 Å². The lowest BCUT2D eigenvalue weighted by atomic mass is 10.1. The van der Waals surface area contributed by atoms with Crippen LogP contribution in [-0.4, -0.2) is 18.4 Å². The van der Waals surface area contributed by atoms with E-state index in [1.807, 2.05) is 18.7 Å². The largest absolute Gasteiger partial charge is 0.366 e. The Morgan fingerprint density at radius 1 is 1.32 bits per heavy atom. The molecule has 106 valence electrons. The van der Waals surface area contributed by atoms with Crippen molar-refractivity contribution in [3.8, 4) is 0 Å². The molecule has 2 nitrogen and oxygen atoms in total. The van der Waals surface area contributed by atoms with E-state index >= 15 is 0 Å². The van der Waals surface area contributed by atoms with Gasteiger partial charge < -0.3 is 4.90 Å². The smallest absolute Gasteiger partial charge is 0.161 e. The first-order valence-corrected chi connectivity index (χ1v) is 7.05. The molecule has 1 rings (SSSR count). The van der Waals surface area contributed by atoms with Crippen LogP contribution in [0.3, 0.4) is 0 Å². The number of benzene rings is 1. The van der Waals surface area contributed by atoms with Gasteiger partial charge in [-0.05, 0) is 39.3 Å². The van der Waals surface area contributed by atoms with Gasteiger partial charge in [0.1, 0.15) is 5.82 Å². The number of carbonyl (C=O) groups is 1. The molecule has 0 saturated heterocycles. The van der Waals surface area contributed by atoms with E-state index in [1.165, 1.54) is 13.0 Å². The van der Waals surface area contributed by atoms with Crippen LogP contribution in [0.15, 0.2) is 18.2 Å². The number of nitrogens with zero attached hydrogens (tertiary/aromatic N) is 1. The summed E-state index contributed by atoms with van der Waals surface area (Å²) in [5.41, 5.74) is 0.936. The maximum Gasteiger partial charge on any atom is 0.161 e. The van der Waals surface area contributed by atoms with E-state index in [-0.39, 0.29) is 17.6 Å². The molecule has 0 atom stereocenters. The molecule has 19 heavy (non-hydrogen) atoms. The lowest BCUT2D eigenvalue weighted by molar-refractivity contribution is 0.101. The van der Waals surface area contributed by atoms with E-state index in [1.54, 1.807) is 12.1 Å². The second-order valence-electron chi connectivity index (χ2n) is 5.19. The Bertz CT molecular complexity index is 429. The molecular formula is C16H24FNO. The molecular weight excluding hydrogens is 241 g/mol. The Hall–Kier alpha value is -1.38. The number of unbranched alkanes of at least 4 members (excludes halogenated alkanes) is 2. The monoisotopic (exact) mass is 265 g/mol. The summed E-state index contributed by atoms with van der Waals surface area (Å²) in [4.78, 5) is 13.7. The number of carbonyl (C=O) groups excluding carboxylic acids is 1. The van der Waals surface area contributed by atoms with Gasteiger partial charge in [0.2, 0.25) is 0 Å². The van der Waals surface area contributed by atoms with Gasteiger partial charge in [0.15, 0.2) is 5.78 Å². The molecule has 0 amide bonds. The molecule has 1 aromatic carbocycles. The maximum absolute atomic E-state index is 14.1. The van der Waals surface area contributed by atoms with Crippen molar-refractivity contribution in [2.75, 3.05) is 11.4 Å². The Kier molecular flexibility index (Phi) is 6.00. The summed E-state index contributed by atoms with van der Waals surface area (Å²) < 4.78 is 14.1. The van der Waals surface area contributed by atoms with Crippen LogP contribution >= 0.6 is 0 Å². The highest BCUT2D eigenvalue weighted by atomic mass is 19.1. The summed E-state index contributed by atoms with van der Waals surface area (Å²) in [6.07, 6.45) is 3.26. The molecule has 1 aromatic rings. The minimum Gasteiger partial charge on any atom is -0.366 e. The third-order valence-electron chi connectivity index (χ3n) is 3.28. The summed E-state index contributed by atoms with van der Waals surface area (Å²) in [6.45, 7) is 8.48. The van der Waals surface area contributed by atoms with Gasteiger partial charge in [0.05, 0.1) is 5.69 Å². The average molecular weight is 265 g/mol. The Balaban J connectivity index is 3.10. The fourth-order valence-corrected chi connectivity index (χ4v) is 2.25. The lowest BCUT2D eigenvalue weighted by Gasteiger charge is -2.31. The first-order chi connectivity index (χ1) is 8.99.